The topological polar surface area (TPSA) is 58.7 Å². The number of nitrogens with two attached hydrogens (primary N) is 1. The van der Waals surface area contributed by atoms with Crippen molar-refractivity contribution in [1.82, 2.24) is 0 Å². The minimum Gasteiger partial charge on any atom is -0.369 e. The molecule has 1 aliphatic heterocycles. The van der Waals surface area contributed by atoms with E-state index in [2.05, 4.69) is 4.99 Å². The summed E-state index contributed by atoms with van der Waals surface area (Å²) in [7, 11) is 0. The summed E-state index contributed by atoms with van der Waals surface area (Å²) in [5.74, 6) is 0.129. The Labute approximate surface area is 162 Å². The second-order valence-corrected chi connectivity index (χ2v) is 6.83. The average molecular weight is 414 g/mol. The molecule has 142 valence electrons. The first-order valence-electron chi connectivity index (χ1n) is 8.03. The molecule has 9 heteroatoms. The van der Waals surface area contributed by atoms with Crippen LogP contribution in [0.3, 0.4) is 0 Å². The lowest BCUT2D eigenvalue weighted by Crippen LogP contribution is -2.40. The van der Waals surface area contributed by atoms with Gasteiger partial charge in [-0.15, -0.1) is 0 Å². The zero-order chi connectivity index (χ0) is 19.6. The maximum absolute atomic E-state index is 12.9. The van der Waals surface area contributed by atoms with Crippen molar-refractivity contribution in [3.05, 3.63) is 58.1 Å². The van der Waals surface area contributed by atoms with E-state index in [0.29, 0.717) is 58.2 Å². The van der Waals surface area contributed by atoms with Crippen molar-refractivity contribution in [2.24, 2.45) is 10.7 Å². The van der Waals surface area contributed by atoms with Crippen LogP contribution in [0.1, 0.15) is 23.1 Å². The minimum absolute atomic E-state index is 0.129. The quantitative estimate of drug-likeness (QED) is 0.457. The van der Waals surface area contributed by atoms with Crippen LogP contribution in [0.2, 0.25) is 5.02 Å². The maximum atomic E-state index is 12.9. The molecule has 0 radical (unpaired) electrons. The van der Waals surface area contributed by atoms with Crippen LogP contribution in [0.15, 0.2) is 41.4 Å². The first-order valence-corrected chi connectivity index (χ1v) is 9.21. The SMILES string of the molecule is NC(=Nc1cc(C=S=O)ccc1Cl)N1CCCc2cc(C(F)(F)F)ccc21. The van der Waals surface area contributed by atoms with Gasteiger partial charge in [-0.3, -0.25) is 0 Å². The van der Waals surface area contributed by atoms with Crippen LogP contribution in [0.25, 0.3) is 0 Å². The molecule has 27 heavy (non-hydrogen) atoms. The maximum Gasteiger partial charge on any atom is 0.416 e. The number of hydrogen-bond donors (Lipinski definition) is 1. The van der Waals surface area contributed by atoms with Gasteiger partial charge in [0.25, 0.3) is 0 Å². The molecule has 0 spiro atoms. The summed E-state index contributed by atoms with van der Waals surface area (Å²) in [5, 5.41) is 1.76. The van der Waals surface area contributed by atoms with Gasteiger partial charge < -0.3 is 10.6 Å². The lowest BCUT2D eigenvalue weighted by Gasteiger charge is -2.30. The van der Waals surface area contributed by atoms with Gasteiger partial charge in [-0.2, -0.15) is 13.2 Å². The predicted octanol–water partition coefficient (Wildman–Crippen LogP) is 4.12. The van der Waals surface area contributed by atoms with E-state index in [4.69, 9.17) is 17.3 Å². The van der Waals surface area contributed by atoms with Crippen LogP contribution in [0.5, 0.6) is 0 Å². The van der Waals surface area contributed by atoms with Gasteiger partial charge in [0.15, 0.2) is 0 Å². The number of rotatable bonds is 2. The molecule has 4 nitrogen and oxygen atoms in total. The Morgan fingerprint density at radius 1 is 1.26 bits per heavy atom. The summed E-state index contributed by atoms with van der Waals surface area (Å²) in [6.07, 6.45) is -3.20. The van der Waals surface area contributed by atoms with E-state index in [1.54, 1.807) is 23.1 Å². The summed E-state index contributed by atoms with van der Waals surface area (Å²) in [5.41, 5.74) is 7.65. The van der Waals surface area contributed by atoms with Crippen molar-refractivity contribution in [1.29, 1.82) is 0 Å². The smallest absolute Gasteiger partial charge is 0.369 e. The van der Waals surface area contributed by atoms with Crippen LogP contribution in [0.4, 0.5) is 24.5 Å². The van der Waals surface area contributed by atoms with E-state index < -0.39 is 11.7 Å². The van der Waals surface area contributed by atoms with E-state index in [1.165, 1.54) is 11.4 Å². The van der Waals surface area contributed by atoms with Crippen molar-refractivity contribution < 1.29 is 17.4 Å². The summed E-state index contributed by atoms with van der Waals surface area (Å²) >= 11 is 6.46. The zero-order valence-electron chi connectivity index (χ0n) is 14.0. The highest BCUT2D eigenvalue weighted by molar-refractivity contribution is 7.65. The lowest BCUT2D eigenvalue weighted by molar-refractivity contribution is -0.137. The van der Waals surface area contributed by atoms with Gasteiger partial charge in [0.1, 0.15) is 0 Å². The molecule has 0 aromatic heterocycles. The predicted molar refractivity (Wildman–Crippen MR) is 103 cm³/mol. The first kappa shape index (κ1) is 19.4. The molecular weight excluding hydrogens is 399 g/mol. The van der Waals surface area contributed by atoms with Crippen molar-refractivity contribution >= 4 is 45.6 Å². The van der Waals surface area contributed by atoms with E-state index >= 15 is 0 Å². The van der Waals surface area contributed by atoms with Crippen LogP contribution < -0.4 is 10.6 Å². The molecule has 0 fully saturated rings. The molecule has 0 amide bonds. The molecule has 0 atom stereocenters. The van der Waals surface area contributed by atoms with Crippen molar-refractivity contribution in [2.45, 2.75) is 19.0 Å². The van der Waals surface area contributed by atoms with E-state index in [0.717, 1.165) is 12.1 Å². The fourth-order valence-electron chi connectivity index (χ4n) is 2.94. The molecule has 2 aromatic carbocycles. The second-order valence-electron chi connectivity index (χ2n) is 5.99. The number of fused-ring (bicyclic) bond motifs is 1. The van der Waals surface area contributed by atoms with Gasteiger partial charge in [-0.25, -0.2) is 9.20 Å². The number of benzene rings is 2. The number of guanidine groups is 1. The highest BCUT2D eigenvalue weighted by Gasteiger charge is 2.32. The molecule has 3 rings (SSSR count). The number of alkyl halides is 3. The van der Waals surface area contributed by atoms with Crippen LogP contribution in [-0.4, -0.2) is 22.1 Å². The molecule has 2 N–H and O–H groups in total. The average Bonchev–Trinajstić information content (AvgIpc) is 2.63. The Kier molecular flexibility index (Phi) is 5.57. The summed E-state index contributed by atoms with van der Waals surface area (Å²) in [4.78, 5) is 6.00. The molecule has 0 saturated heterocycles. The Balaban J connectivity index is 1.98. The Morgan fingerprint density at radius 2 is 2.04 bits per heavy atom. The van der Waals surface area contributed by atoms with Crippen molar-refractivity contribution in [2.75, 3.05) is 11.4 Å². The van der Waals surface area contributed by atoms with Crippen LogP contribution in [0, 0.1) is 0 Å². The third kappa shape index (κ3) is 4.33. The molecule has 0 saturated carbocycles. The summed E-state index contributed by atoms with van der Waals surface area (Å²) in [6.45, 7) is 0.535. The van der Waals surface area contributed by atoms with Crippen LogP contribution >= 0.6 is 11.6 Å². The van der Waals surface area contributed by atoms with E-state index in [-0.39, 0.29) is 5.96 Å². The first-order chi connectivity index (χ1) is 12.8. The Bertz CT molecular complexity index is 955. The number of aliphatic imine (C=N–C) groups is 1. The highest BCUT2D eigenvalue weighted by atomic mass is 35.5. The molecule has 1 aliphatic rings. The third-order valence-corrected chi connectivity index (χ3v) is 4.88. The van der Waals surface area contributed by atoms with Gasteiger partial charge in [-0.1, -0.05) is 17.7 Å². The second kappa shape index (κ2) is 7.74. The van der Waals surface area contributed by atoms with Gasteiger partial charge in [-0.05, 0) is 54.3 Å². The minimum atomic E-state index is -4.39. The molecular formula is C18H15ClF3N3OS. The standard InChI is InChI=1S/C18H15ClF3N3OS/c19-14-5-3-11(10-27-26)8-15(14)24-17(23)25-7-1-2-12-9-13(18(20,21)22)4-6-16(12)25/h3-6,8-10H,1-2,7H2,(H2,23,24). The molecule has 1 heterocycles. The number of halogens is 4. The zero-order valence-corrected chi connectivity index (χ0v) is 15.5. The van der Waals surface area contributed by atoms with Crippen molar-refractivity contribution in [3.8, 4) is 0 Å². The van der Waals surface area contributed by atoms with Crippen molar-refractivity contribution in [3.63, 3.8) is 0 Å². The molecule has 0 bridgehead atoms. The third-order valence-electron chi connectivity index (χ3n) is 4.19. The summed E-state index contributed by atoms with van der Waals surface area (Å²) in [6, 6.07) is 8.52. The molecule has 0 aliphatic carbocycles. The summed E-state index contributed by atoms with van der Waals surface area (Å²) < 4.78 is 49.5. The number of aryl methyl sites for hydroxylation is 1. The Morgan fingerprint density at radius 3 is 2.74 bits per heavy atom. The fraction of sp³-hybridized carbons (Fsp3) is 0.222. The van der Waals surface area contributed by atoms with E-state index in [9.17, 15) is 17.4 Å². The van der Waals surface area contributed by atoms with Gasteiger partial charge in [0.2, 0.25) is 5.96 Å². The highest BCUT2D eigenvalue weighted by Crippen LogP contribution is 2.35. The van der Waals surface area contributed by atoms with Gasteiger partial charge >= 0.3 is 6.18 Å². The van der Waals surface area contributed by atoms with Gasteiger partial charge in [0, 0.05) is 17.6 Å². The molecule has 0 unspecified atom stereocenters. The number of hydrogen-bond acceptors (Lipinski definition) is 2. The number of anilines is 1. The number of nitrogens with zero attached hydrogens (tertiary/aromatic N) is 2. The van der Waals surface area contributed by atoms with Gasteiger partial charge in [0.05, 0.1) is 27.5 Å². The molecule has 2 aromatic rings. The lowest BCUT2D eigenvalue weighted by atomic mass is 9.99. The monoisotopic (exact) mass is 413 g/mol. The fourth-order valence-corrected chi connectivity index (χ4v) is 3.36. The largest absolute Gasteiger partial charge is 0.416 e. The normalized spacial score (nSPS) is 14.7. The van der Waals surface area contributed by atoms with E-state index in [1.807, 2.05) is 0 Å². The van der Waals surface area contributed by atoms with Crippen LogP contribution in [-0.2, 0) is 23.9 Å². The Hall–Kier alpha value is -2.32.